The molecular weight excluding hydrogens is 585 g/mol. The van der Waals surface area contributed by atoms with Crippen LogP contribution < -0.4 is 19.7 Å². The Labute approximate surface area is 269 Å². The minimum Gasteiger partial charge on any atom is -0.495 e. The van der Waals surface area contributed by atoms with Gasteiger partial charge in [0.1, 0.15) is 23.1 Å². The van der Waals surface area contributed by atoms with E-state index in [1.54, 1.807) is 43.5 Å². The van der Waals surface area contributed by atoms with E-state index in [4.69, 9.17) is 14.2 Å². The van der Waals surface area contributed by atoms with Crippen molar-refractivity contribution in [3.8, 4) is 17.2 Å². The molecule has 1 aliphatic rings. The average molecular weight is 626 g/mol. The van der Waals surface area contributed by atoms with Gasteiger partial charge in [0, 0.05) is 37.8 Å². The third-order valence-electron chi connectivity index (χ3n) is 8.21. The van der Waals surface area contributed by atoms with Gasteiger partial charge >= 0.3 is 0 Å². The zero-order chi connectivity index (χ0) is 32.3. The molecule has 4 aromatic rings. The number of piperazine rings is 1. The zero-order valence-corrected chi connectivity index (χ0v) is 26.2. The van der Waals surface area contributed by atoms with E-state index in [2.05, 4.69) is 15.1 Å². The molecule has 4 aromatic carbocycles. The normalized spacial score (nSPS) is 14.7. The number of rotatable bonds is 14. The summed E-state index contributed by atoms with van der Waals surface area (Å²) in [5.74, 6) is -0.0131. The number of carbonyl (C=O) groups is 2. The summed E-state index contributed by atoms with van der Waals surface area (Å²) in [4.78, 5) is 31.6. The Morgan fingerprint density at radius 1 is 0.826 bits per heavy atom. The maximum atomic E-state index is 13.6. The van der Waals surface area contributed by atoms with Crippen LogP contribution in [0.4, 0.5) is 15.8 Å². The topological polar surface area (TPSA) is 80.3 Å². The minimum absolute atomic E-state index is 0.00255. The van der Waals surface area contributed by atoms with Crippen molar-refractivity contribution in [2.45, 2.75) is 13.5 Å². The van der Waals surface area contributed by atoms with E-state index >= 15 is 0 Å². The Bertz CT molecular complexity index is 1560. The van der Waals surface area contributed by atoms with Crippen molar-refractivity contribution in [1.82, 2.24) is 4.90 Å². The number of anilines is 2. The number of amides is 1. The number of ketones is 1. The number of Topliss-reactive ketones (excluding diaryl/α,β-unsaturated/α-hetero) is 1. The molecule has 8 nitrogen and oxygen atoms in total. The predicted molar refractivity (Wildman–Crippen MR) is 177 cm³/mol. The van der Waals surface area contributed by atoms with Gasteiger partial charge in [0.25, 0.3) is 0 Å². The summed E-state index contributed by atoms with van der Waals surface area (Å²) in [5.41, 5.74) is 2.61. The number of halogens is 1. The second kappa shape index (κ2) is 16.0. The van der Waals surface area contributed by atoms with E-state index in [0.29, 0.717) is 23.8 Å². The van der Waals surface area contributed by atoms with Crippen molar-refractivity contribution < 1.29 is 28.2 Å². The van der Waals surface area contributed by atoms with Gasteiger partial charge in [-0.2, -0.15) is 0 Å². The molecule has 1 amide bonds. The maximum absolute atomic E-state index is 13.6. The Kier molecular flexibility index (Phi) is 11.4. The molecule has 46 heavy (non-hydrogen) atoms. The zero-order valence-electron chi connectivity index (χ0n) is 26.2. The Morgan fingerprint density at radius 3 is 2.13 bits per heavy atom. The molecule has 2 unspecified atom stereocenters. The van der Waals surface area contributed by atoms with Crippen LogP contribution in [-0.4, -0.2) is 63.0 Å². The Hall–Kier alpha value is -4.73. The van der Waals surface area contributed by atoms with E-state index in [0.717, 1.165) is 43.2 Å². The van der Waals surface area contributed by atoms with Gasteiger partial charge in [-0.15, -0.1) is 0 Å². The summed E-state index contributed by atoms with van der Waals surface area (Å²) < 4.78 is 30.5. The average Bonchev–Trinajstić information content (AvgIpc) is 3.09. The number of ether oxygens (including phenoxy) is 3. The number of hydrogen-bond acceptors (Lipinski definition) is 7. The second-order valence-corrected chi connectivity index (χ2v) is 11.4. The van der Waals surface area contributed by atoms with E-state index < -0.39 is 11.8 Å². The SMILES string of the molecule is COc1ccccc1N1CCN(CC(=O)C(C)C(COCc2ccccc2)C(=O)Nc2ccc(Oc3ccc(F)cc3)cc2)CC1. The number of hydrogen-bond donors (Lipinski definition) is 1. The molecule has 1 fully saturated rings. The first kappa shape index (κ1) is 32.7. The molecule has 0 aromatic heterocycles. The molecule has 1 heterocycles. The van der Waals surface area contributed by atoms with Crippen molar-refractivity contribution in [2.24, 2.45) is 11.8 Å². The summed E-state index contributed by atoms with van der Waals surface area (Å²) >= 11 is 0. The molecular formula is C37H40FN3O5. The quantitative estimate of drug-likeness (QED) is 0.173. The van der Waals surface area contributed by atoms with Gasteiger partial charge in [-0.1, -0.05) is 49.4 Å². The van der Waals surface area contributed by atoms with Gasteiger partial charge in [0.2, 0.25) is 5.91 Å². The number of methoxy groups -OCH3 is 1. The van der Waals surface area contributed by atoms with Crippen molar-refractivity contribution in [3.63, 3.8) is 0 Å². The van der Waals surface area contributed by atoms with Gasteiger partial charge in [-0.25, -0.2) is 4.39 Å². The van der Waals surface area contributed by atoms with Crippen LogP contribution in [-0.2, 0) is 20.9 Å². The van der Waals surface area contributed by atoms with E-state index in [1.807, 2.05) is 61.5 Å². The second-order valence-electron chi connectivity index (χ2n) is 11.4. The molecule has 5 rings (SSSR count). The van der Waals surface area contributed by atoms with Crippen molar-refractivity contribution in [2.75, 3.05) is 56.7 Å². The predicted octanol–water partition coefficient (Wildman–Crippen LogP) is 6.43. The van der Waals surface area contributed by atoms with Crippen molar-refractivity contribution in [3.05, 3.63) is 115 Å². The lowest BCUT2D eigenvalue weighted by Gasteiger charge is -2.36. The van der Waals surface area contributed by atoms with Crippen LogP contribution in [0.5, 0.6) is 17.2 Å². The summed E-state index contributed by atoms with van der Waals surface area (Å²) in [6.45, 7) is 5.50. The fourth-order valence-corrected chi connectivity index (χ4v) is 5.43. The van der Waals surface area contributed by atoms with Crippen LogP contribution in [0.15, 0.2) is 103 Å². The van der Waals surface area contributed by atoms with Crippen LogP contribution >= 0.6 is 0 Å². The number of nitrogens with one attached hydrogen (secondary N) is 1. The number of para-hydroxylation sites is 2. The standard InChI is InChI=1S/C37H40FN3O5/c1-27(35(42)24-40-20-22-41(23-21-40)34-10-6-7-11-36(34)44-2)33(26-45-25-28-8-4-3-5-9-28)37(43)39-30-14-18-32(19-15-30)46-31-16-12-29(38)13-17-31/h3-19,27,33H,20-26H2,1-2H3,(H,39,43). The molecule has 1 saturated heterocycles. The first-order valence-electron chi connectivity index (χ1n) is 15.5. The van der Waals surface area contributed by atoms with Gasteiger partial charge in [0.05, 0.1) is 38.5 Å². The first-order chi connectivity index (χ1) is 22.4. The molecule has 0 aliphatic carbocycles. The number of nitrogens with zero attached hydrogens (tertiary/aromatic N) is 2. The number of benzene rings is 4. The van der Waals surface area contributed by atoms with Crippen molar-refractivity contribution in [1.29, 1.82) is 0 Å². The van der Waals surface area contributed by atoms with Crippen molar-refractivity contribution >= 4 is 23.1 Å². The smallest absolute Gasteiger partial charge is 0.230 e. The van der Waals surface area contributed by atoms with Gasteiger partial charge in [0.15, 0.2) is 5.78 Å². The highest BCUT2D eigenvalue weighted by molar-refractivity contribution is 5.97. The van der Waals surface area contributed by atoms with E-state index in [-0.39, 0.29) is 30.7 Å². The van der Waals surface area contributed by atoms with Crippen LogP contribution in [0.3, 0.4) is 0 Å². The first-order valence-corrected chi connectivity index (χ1v) is 15.5. The minimum atomic E-state index is -0.693. The van der Waals surface area contributed by atoms with E-state index in [1.165, 1.54) is 12.1 Å². The largest absolute Gasteiger partial charge is 0.495 e. The van der Waals surface area contributed by atoms with Crippen LogP contribution in [0.2, 0.25) is 0 Å². The fraction of sp³-hybridized carbons (Fsp3) is 0.297. The molecule has 0 radical (unpaired) electrons. The van der Waals surface area contributed by atoms with Crippen LogP contribution in [0, 0.1) is 17.7 Å². The third-order valence-corrected chi connectivity index (χ3v) is 8.21. The van der Waals surface area contributed by atoms with Gasteiger partial charge < -0.3 is 24.4 Å². The van der Waals surface area contributed by atoms with Gasteiger partial charge in [-0.3, -0.25) is 14.5 Å². The summed E-state index contributed by atoms with van der Waals surface area (Å²) in [6.07, 6.45) is 0. The van der Waals surface area contributed by atoms with Gasteiger partial charge in [-0.05, 0) is 66.2 Å². The monoisotopic (exact) mass is 625 g/mol. The molecule has 240 valence electrons. The molecule has 0 bridgehead atoms. The lowest BCUT2D eigenvalue weighted by atomic mass is 9.89. The third kappa shape index (κ3) is 8.93. The van der Waals surface area contributed by atoms with Crippen LogP contribution in [0.1, 0.15) is 12.5 Å². The Morgan fingerprint density at radius 2 is 1.46 bits per heavy atom. The molecule has 2 atom stereocenters. The fourth-order valence-electron chi connectivity index (χ4n) is 5.43. The summed E-state index contributed by atoms with van der Waals surface area (Å²) in [6, 6.07) is 30.3. The maximum Gasteiger partial charge on any atom is 0.230 e. The molecule has 9 heteroatoms. The lowest BCUT2D eigenvalue weighted by Crippen LogP contribution is -2.49. The lowest BCUT2D eigenvalue weighted by molar-refractivity contribution is -0.133. The van der Waals surface area contributed by atoms with Crippen LogP contribution in [0.25, 0.3) is 0 Å². The highest BCUT2D eigenvalue weighted by atomic mass is 19.1. The Balaban J connectivity index is 1.20. The molecule has 1 N–H and O–H groups in total. The summed E-state index contributed by atoms with van der Waals surface area (Å²) in [7, 11) is 1.67. The highest BCUT2D eigenvalue weighted by Gasteiger charge is 2.32. The molecule has 0 spiro atoms. The molecule has 0 saturated carbocycles. The van der Waals surface area contributed by atoms with E-state index in [9.17, 15) is 14.0 Å². The number of carbonyl (C=O) groups excluding carboxylic acids is 2. The summed E-state index contributed by atoms with van der Waals surface area (Å²) in [5, 5.41) is 2.95. The highest BCUT2D eigenvalue weighted by Crippen LogP contribution is 2.29. The molecule has 1 aliphatic heterocycles.